The van der Waals surface area contributed by atoms with Crippen molar-refractivity contribution in [2.45, 2.75) is 50.1 Å². The second-order valence-electron chi connectivity index (χ2n) is 4.35. The minimum atomic E-state index is -0.423. The fraction of sp³-hybridized carbons (Fsp3) is 0.727. The van der Waals surface area contributed by atoms with Gasteiger partial charge in [-0.25, -0.2) is 0 Å². The molecule has 3 heteroatoms. The number of rotatable bonds is 0. The second-order valence-corrected chi connectivity index (χ2v) is 4.35. The first-order chi connectivity index (χ1) is 6.79. The first kappa shape index (κ1) is 8.62. The first-order valence-corrected chi connectivity index (χ1v) is 5.37. The van der Waals surface area contributed by atoms with Gasteiger partial charge >= 0.3 is 0 Å². The van der Waals surface area contributed by atoms with Crippen molar-refractivity contribution in [1.29, 1.82) is 0 Å². The lowest BCUT2D eigenvalue weighted by Crippen LogP contribution is -2.34. The third-order valence-electron chi connectivity index (χ3n) is 3.34. The van der Waals surface area contributed by atoms with Crippen molar-refractivity contribution >= 4 is 5.78 Å². The van der Waals surface area contributed by atoms with Crippen LogP contribution in [0.5, 0.6) is 0 Å². The third kappa shape index (κ3) is 1.16. The predicted octanol–water partition coefficient (Wildman–Crippen LogP) is 1.57. The molecule has 1 saturated carbocycles. The molecule has 0 aromatic heterocycles. The molecule has 2 aliphatic carbocycles. The average Bonchev–Trinajstić information content (AvgIpc) is 2.68. The van der Waals surface area contributed by atoms with Gasteiger partial charge in [0.15, 0.2) is 17.7 Å². The first-order valence-electron chi connectivity index (χ1n) is 5.37. The van der Waals surface area contributed by atoms with Gasteiger partial charge in [0.1, 0.15) is 6.10 Å². The van der Waals surface area contributed by atoms with E-state index in [1.807, 2.05) is 6.08 Å². The van der Waals surface area contributed by atoms with Crippen LogP contribution in [0, 0.1) is 0 Å². The summed E-state index contributed by atoms with van der Waals surface area (Å²) in [5, 5.41) is 0. The zero-order chi connectivity index (χ0) is 9.60. The Morgan fingerprint density at radius 1 is 1.21 bits per heavy atom. The van der Waals surface area contributed by atoms with Gasteiger partial charge in [-0.3, -0.25) is 4.79 Å². The van der Waals surface area contributed by atoms with Crippen LogP contribution in [0.1, 0.15) is 32.1 Å². The van der Waals surface area contributed by atoms with E-state index in [9.17, 15) is 4.79 Å². The maximum absolute atomic E-state index is 11.4. The molecule has 0 N–H and O–H groups in total. The molecule has 14 heavy (non-hydrogen) atoms. The molecular weight excluding hydrogens is 180 g/mol. The number of hydrogen-bond donors (Lipinski definition) is 0. The summed E-state index contributed by atoms with van der Waals surface area (Å²) in [7, 11) is 0. The highest BCUT2D eigenvalue weighted by Crippen LogP contribution is 2.42. The molecule has 2 atom stereocenters. The molecule has 0 aromatic rings. The minimum Gasteiger partial charge on any atom is -0.339 e. The van der Waals surface area contributed by atoms with E-state index >= 15 is 0 Å². The van der Waals surface area contributed by atoms with E-state index in [0.29, 0.717) is 0 Å². The van der Waals surface area contributed by atoms with Crippen molar-refractivity contribution in [2.24, 2.45) is 0 Å². The maximum Gasteiger partial charge on any atom is 0.187 e. The number of hydrogen-bond acceptors (Lipinski definition) is 3. The molecule has 3 rings (SSSR count). The largest absolute Gasteiger partial charge is 0.339 e. The normalized spacial score (nSPS) is 39.3. The smallest absolute Gasteiger partial charge is 0.187 e. The van der Waals surface area contributed by atoms with Crippen LogP contribution in [0.3, 0.4) is 0 Å². The van der Waals surface area contributed by atoms with Crippen LogP contribution < -0.4 is 0 Å². The van der Waals surface area contributed by atoms with Crippen LogP contribution in [-0.2, 0) is 14.3 Å². The summed E-state index contributed by atoms with van der Waals surface area (Å²) in [6, 6.07) is 0. The molecule has 0 amide bonds. The van der Waals surface area contributed by atoms with Gasteiger partial charge in [-0.05, 0) is 25.0 Å². The summed E-state index contributed by atoms with van der Waals surface area (Å²) in [6.07, 6.45) is 8.40. The van der Waals surface area contributed by atoms with Crippen molar-refractivity contribution in [3.8, 4) is 0 Å². The quantitative estimate of drug-likeness (QED) is 0.587. The van der Waals surface area contributed by atoms with Crippen LogP contribution >= 0.6 is 0 Å². The molecule has 1 spiro atoms. The van der Waals surface area contributed by atoms with Crippen LogP contribution in [-0.4, -0.2) is 23.8 Å². The predicted molar refractivity (Wildman–Crippen MR) is 49.7 cm³/mol. The van der Waals surface area contributed by atoms with Gasteiger partial charge in [0.2, 0.25) is 0 Å². The van der Waals surface area contributed by atoms with E-state index in [0.717, 1.165) is 25.7 Å². The molecule has 1 aliphatic heterocycles. The van der Waals surface area contributed by atoms with E-state index in [1.54, 1.807) is 6.08 Å². The number of carbonyl (C=O) groups excluding carboxylic acids is 1. The van der Waals surface area contributed by atoms with Crippen molar-refractivity contribution in [2.75, 3.05) is 0 Å². The molecule has 1 saturated heterocycles. The highest BCUT2D eigenvalue weighted by atomic mass is 16.8. The molecule has 0 unspecified atom stereocenters. The van der Waals surface area contributed by atoms with Gasteiger partial charge in [0.05, 0.1) is 0 Å². The fourth-order valence-electron chi connectivity index (χ4n) is 2.61. The summed E-state index contributed by atoms with van der Waals surface area (Å²) >= 11 is 0. The number of carbonyl (C=O) groups is 1. The van der Waals surface area contributed by atoms with Crippen molar-refractivity contribution in [1.82, 2.24) is 0 Å². The highest BCUT2D eigenvalue weighted by Gasteiger charge is 2.51. The van der Waals surface area contributed by atoms with E-state index in [2.05, 4.69) is 0 Å². The Hall–Kier alpha value is -0.670. The Morgan fingerprint density at radius 3 is 2.71 bits per heavy atom. The van der Waals surface area contributed by atoms with Gasteiger partial charge in [-0.1, -0.05) is 6.42 Å². The van der Waals surface area contributed by atoms with Gasteiger partial charge in [0, 0.05) is 12.8 Å². The minimum absolute atomic E-state index is 0.0671. The highest BCUT2D eigenvalue weighted by molar-refractivity contribution is 5.97. The zero-order valence-corrected chi connectivity index (χ0v) is 8.07. The monoisotopic (exact) mass is 194 g/mol. The number of fused-ring (bicyclic) bond motifs is 1. The Bertz CT molecular complexity index is 289. The van der Waals surface area contributed by atoms with Crippen molar-refractivity contribution in [3.63, 3.8) is 0 Å². The Kier molecular flexibility index (Phi) is 1.79. The summed E-state index contributed by atoms with van der Waals surface area (Å²) < 4.78 is 11.6. The summed E-state index contributed by atoms with van der Waals surface area (Å²) in [5.41, 5.74) is 0. The lowest BCUT2D eigenvalue weighted by Gasteiger charge is -2.31. The van der Waals surface area contributed by atoms with E-state index in [1.165, 1.54) is 6.42 Å². The van der Waals surface area contributed by atoms with E-state index in [-0.39, 0.29) is 18.0 Å². The summed E-state index contributed by atoms with van der Waals surface area (Å²) in [4.78, 5) is 11.4. The van der Waals surface area contributed by atoms with Crippen molar-refractivity contribution < 1.29 is 14.3 Å². The molecular formula is C11H14O3. The molecule has 0 aromatic carbocycles. The fourth-order valence-corrected chi connectivity index (χ4v) is 2.61. The molecule has 3 aliphatic rings. The summed E-state index contributed by atoms with van der Waals surface area (Å²) in [5.74, 6) is -0.356. The van der Waals surface area contributed by atoms with E-state index < -0.39 is 5.79 Å². The molecule has 3 nitrogen and oxygen atoms in total. The lowest BCUT2D eigenvalue weighted by molar-refractivity contribution is -0.192. The van der Waals surface area contributed by atoms with E-state index in [4.69, 9.17) is 9.47 Å². The zero-order valence-electron chi connectivity index (χ0n) is 8.07. The lowest BCUT2D eigenvalue weighted by atomic mass is 9.94. The number of ether oxygens (including phenoxy) is 2. The average molecular weight is 194 g/mol. The Morgan fingerprint density at radius 2 is 2.00 bits per heavy atom. The Labute approximate surface area is 83.1 Å². The van der Waals surface area contributed by atoms with Gasteiger partial charge in [-0.15, -0.1) is 0 Å². The van der Waals surface area contributed by atoms with Gasteiger partial charge in [0.25, 0.3) is 0 Å². The van der Waals surface area contributed by atoms with Crippen LogP contribution in [0.2, 0.25) is 0 Å². The second kappa shape index (κ2) is 2.91. The summed E-state index contributed by atoms with van der Waals surface area (Å²) in [6.45, 7) is 0. The SMILES string of the molecule is O=C1C=C[C@H]2OC3(CCCCC3)O[C@@H]12. The standard InChI is InChI=1S/C11H14O3/c12-8-4-5-9-10(8)14-11(13-9)6-2-1-3-7-11/h4-5,9-10H,1-3,6-7H2/t9-,10+/m1/s1. The Balaban J connectivity index is 1.80. The van der Waals surface area contributed by atoms with Crippen molar-refractivity contribution in [3.05, 3.63) is 12.2 Å². The van der Waals surface area contributed by atoms with Crippen LogP contribution in [0.4, 0.5) is 0 Å². The van der Waals surface area contributed by atoms with Crippen LogP contribution in [0.15, 0.2) is 12.2 Å². The number of ketones is 1. The molecule has 0 radical (unpaired) electrons. The van der Waals surface area contributed by atoms with Crippen LogP contribution in [0.25, 0.3) is 0 Å². The van der Waals surface area contributed by atoms with Gasteiger partial charge < -0.3 is 9.47 Å². The maximum atomic E-state index is 11.4. The third-order valence-corrected chi connectivity index (χ3v) is 3.34. The molecule has 0 bridgehead atoms. The molecule has 1 heterocycles. The molecule has 2 fully saturated rings. The molecule has 76 valence electrons. The topological polar surface area (TPSA) is 35.5 Å². The van der Waals surface area contributed by atoms with Gasteiger partial charge in [-0.2, -0.15) is 0 Å².